The second-order valence-corrected chi connectivity index (χ2v) is 4.67. The van der Waals surface area contributed by atoms with Crippen LogP contribution in [0.2, 0.25) is 0 Å². The molecule has 0 saturated carbocycles. The van der Waals surface area contributed by atoms with Crippen LogP contribution in [0.25, 0.3) is 0 Å². The molecule has 0 radical (unpaired) electrons. The molecule has 0 aliphatic carbocycles. The largest absolute Gasteiger partial charge is 0.368 e. The van der Waals surface area contributed by atoms with E-state index < -0.39 is 11.9 Å². The molecule has 5 nitrogen and oxygen atoms in total. The molecule has 0 aliphatic rings. The normalized spacial score (nSPS) is 12.2. The number of benzene rings is 1. The summed E-state index contributed by atoms with van der Waals surface area (Å²) >= 11 is 0. The van der Waals surface area contributed by atoms with Gasteiger partial charge in [0.15, 0.2) is 0 Å². The van der Waals surface area contributed by atoms with Gasteiger partial charge in [-0.05, 0) is 11.5 Å². The van der Waals surface area contributed by atoms with Crippen molar-refractivity contribution >= 4 is 11.8 Å². The summed E-state index contributed by atoms with van der Waals surface area (Å²) in [7, 11) is 0. The highest BCUT2D eigenvalue weighted by atomic mass is 16.5. The summed E-state index contributed by atoms with van der Waals surface area (Å²) in [6.07, 6.45) is 0. The molecule has 19 heavy (non-hydrogen) atoms. The van der Waals surface area contributed by atoms with Gasteiger partial charge >= 0.3 is 0 Å². The molecule has 0 saturated heterocycles. The van der Waals surface area contributed by atoms with Gasteiger partial charge in [0.2, 0.25) is 11.8 Å². The molecule has 1 atom stereocenters. The average molecular weight is 264 g/mol. The van der Waals surface area contributed by atoms with Crippen molar-refractivity contribution in [1.29, 1.82) is 0 Å². The van der Waals surface area contributed by atoms with Crippen LogP contribution in [0.1, 0.15) is 19.4 Å². The molecular weight excluding hydrogens is 244 g/mol. The Hall–Kier alpha value is -1.88. The van der Waals surface area contributed by atoms with Gasteiger partial charge in [-0.3, -0.25) is 9.59 Å². The van der Waals surface area contributed by atoms with Crippen molar-refractivity contribution in [2.24, 2.45) is 11.7 Å². The van der Waals surface area contributed by atoms with Gasteiger partial charge < -0.3 is 15.8 Å². The second kappa shape index (κ2) is 7.53. The van der Waals surface area contributed by atoms with E-state index in [9.17, 15) is 9.59 Å². The highest BCUT2D eigenvalue weighted by molar-refractivity contribution is 5.87. The van der Waals surface area contributed by atoms with E-state index in [4.69, 9.17) is 10.5 Å². The number of carbonyl (C=O) groups excluding carboxylic acids is 2. The van der Waals surface area contributed by atoms with E-state index in [-0.39, 0.29) is 18.4 Å². The molecule has 3 N–H and O–H groups in total. The molecule has 1 aromatic rings. The zero-order chi connectivity index (χ0) is 14.3. The monoisotopic (exact) mass is 264 g/mol. The number of primary amides is 1. The zero-order valence-corrected chi connectivity index (χ0v) is 11.3. The van der Waals surface area contributed by atoms with Gasteiger partial charge in [-0.1, -0.05) is 44.2 Å². The Balaban J connectivity index is 2.33. The fourth-order valence-electron chi connectivity index (χ4n) is 1.62. The highest BCUT2D eigenvalue weighted by Gasteiger charge is 2.21. The first-order chi connectivity index (χ1) is 9.00. The van der Waals surface area contributed by atoms with Crippen LogP contribution in [0.5, 0.6) is 0 Å². The summed E-state index contributed by atoms with van der Waals surface area (Å²) < 4.78 is 5.28. The smallest absolute Gasteiger partial charge is 0.246 e. The van der Waals surface area contributed by atoms with Crippen LogP contribution in [0, 0.1) is 5.92 Å². The van der Waals surface area contributed by atoms with Crippen LogP contribution in [0.4, 0.5) is 0 Å². The first-order valence-corrected chi connectivity index (χ1v) is 6.21. The van der Waals surface area contributed by atoms with E-state index >= 15 is 0 Å². The van der Waals surface area contributed by atoms with Crippen molar-refractivity contribution in [3.8, 4) is 0 Å². The van der Waals surface area contributed by atoms with Crippen molar-refractivity contribution in [1.82, 2.24) is 5.32 Å². The molecule has 0 unspecified atom stereocenters. The fourth-order valence-corrected chi connectivity index (χ4v) is 1.62. The Morgan fingerprint density at radius 1 is 1.26 bits per heavy atom. The topological polar surface area (TPSA) is 81.4 Å². The fraction of sp³-hybridized carbons (Fsp3) is 0.429. The van der Waals surface area contributed by atoms with Crippen LogP contribution in [-0.2, 0) is 20.9 Å². The lowest BCUT2D eigenvalue weighted by molar-refractivity contribution is -0.131. The molecule has 1 rings (SSSR count). The van der Waals surface area contributed by atoms with Crippen LogP contribution in [0.3, 0.4) is 0 Å². The van der Waals surface area contributed by atoms with Gasteiger partial charge in [-0.2, -0.15) is 0 Å². The number of carbonyl (C=O) groups is 2. The molecule has 0 fully saturated rings. The number of nitrogens with two attached hydrogens (primary N) is 1. The Bertz CT molecular complexity index is 418. The Morgan fingerprint density at radius 2 is 1.89 bits per heavy atom. The Labute approximate surface area is 113 Å². The van der Waals surface area contributed by atoms with Crippen molar-refractivity contribution in [3.63, 3.8) is 0 Å². The van der Waals surface area contributed by atoms with Gasteiger partial charge in [-0.25, -0.2) is 0 Å². The first kappa shape index (κ1) is 15.2. The summed E-state index contributed by atoms with van der Waals surface area (Å²) in [5.41, 5.74) is 6.20. The van der Waals surface area contributed by atoms with Crippen LogP contribution < -0.4 is 11.1 Å². The van der Waals surface area contributed by atoms with E-state index in [2.05, 4.69) is 5.32 Å². The zero-order valence-electron chi connectivity index (χ0n) is 11.3. The van der Waals surface area contributed by atoms with Gasteiger partial charge in [0.25, 0.3) is 0 Å². The predicted octanol–water partition coefficient (Wildman–Crippen LogP) is 0.829. The predicted molar refractivity (Wildman–Crippen MR) is 72.1 cm³/mol. The molecular formula is C14H20N2O3. The van der Waals surface area contributed by atoms with E-state index in [0.29, 0.717) is 6.61 Å². The van der Waals surface area contributed by atoms with Gasteiger partial charge in [0, 0.05) is 0 Å². The van der Waals surface area contributed by atoms with Crippen molar-refractivity contribution in [2.75, 3.05) is 6.61 Å². The number of ether oxygens (including phenoxy) is 1. The molecule has 0 aromatic heterocycles. The molecule has 0 aliphatic heterocycles. The standard InChI is InChI=1S/C14H20N2O3/c1-10(2)13(14(15)18)16-12(17)9-19-8-11-6-4-3-5-7-11/h3-7,10,13H,8-9H2,1-2H3,(H2,15,18)(H,16,17)/t13-/m1/s1. The summed E-state index contributed by atoms with van der Waals surface area (Å²) in [4.78, 5) is 22.7. The summed E-state index contributed by atoms with van der Waals surface area (Å²) in [5, 5.41) is 2.56. The Kier molecular flexibility index (Phi) is 6.02. The number of hydrogen-bond acceptors (Lipinski definition) is 3. The third-order valence-corrected chi connectivity index (χ3v) is 2.63. The quantitative estimate of drug-likeness (QED) is 0.765. The van der Waals surface area contributed by atoms with Crippen LogP contribution >= 0.6 is 0 Å². The maximum atomic E-state index is 11.6. The van der Waals surface area contributed by atoms with Crippen molar-refractivity contribution < 1.29 is 14.3 Å². The molecule has 0 heterocycles. The van der Waals surface area contributed by atoms with Crippen molar-refractivity contribution in [2.45, 2.75) is 26.5 Å². The molecule has 0 bridgehead atoms. The SMILES string of the molecule is CC(C)[C@@H](NC(=O)COCc1ccccc1)C(N)=O. The van der Waals surface area contributed by atoms with E-state index in [1.807, 2.05) is 44.2 Å². The highest BCUT2D eigenvalue weighted by Crippen LogP contribution is 2.02. The third-order valence-electron chi connectivity index (χ3n) is 2.63. The summed E-state index contributed by atoms with van der Waals surface area (Å²) in [5.74, 6) is -0.921. The lowest BCUT2D eigenvalue weighted by atomic mass is 10.0. The number of amides is 2. The van der Waals surface area contributed by atoms with Crippen molar-refractivity contribution in [3.05, 3.63) is 35.9 Å². The second-order valence-electron chi connectivity index (χ2n) is 4.67. The van der Waals surface area contributed by atoms with E-state index in [1.165, 1.54) is 0 Å². The minimum absolute atomic E-state index is 0.0458. The summed E-state index contributed by atoms with van der Waals surface area (Å²) in [6.45, 7) is 3.91. The maximum Gasteiger partial charge on any atom is 0.246 e. The number of hydrogen-bond donors (Lipinski definition) is 2. The van der Waals surface area contributed by atoms with Gasteiger partial charge in [0.1, 0.15) is 12.6 Å². The molecule has 1 aromatic carbocycles. The van der Waals surface area contributed by atoms with Crippen LogP contribution in [0.15, 0.2) is 30.3 Å². The molecule has 2 amide bonds. The minimum atomic E-state index is -0.659. The third kappa shape index (κ3) is 5.52. The molecule has 5 heteroatoms. The maximum absolute atomic E-state index is 11.6. The number of rotatable bonds is 7. The van der Waals surface area contributed by atoms with E-state index in [1.54, 1.807) is 0 Å². The Morgan fingerprint density at radius 3 is 2.42 bits per heavy atom. The first-order valence-electron chi connectivity index (χ1n) is 6.21. The lowest BCUT2D eigenvalue weighted by Gasteiger charge is -2.18. The average Bonchev–Trinajstić information content (AvgIpc) is 2.36. The number of nitrogens with one attached hydrogen (secondary N) is 1. The van der Waals surface area contributed by atoms with Crippen LogP contribution in [-0.4, -0.2) is 24.5 Å². The molecule has 0 spiro atoms. The van der Waals surface area contributed by atoms with Gasteiger partial charge in [0.05, 0.1) is 6.61 Å². The van der Waals surface area contributed by atoms with Gasteiger partial charge in [-0.15, -0.1) is 0 Å². The lowest BCUT2D eigenvalue weighted by Crippen LogP contribution is -2.48. The summed E-state index contributed by atoms with van der Waals surface area (Å²) in [6, 6.07) is 8.89. The minimum Gasteiger partial charge on any atom is -0.368 e. The molecule has 104 valence electrons. The van der Waals surface area contributed by atoms with E-state index in [0.717, 1.165) is 5.56 Å².